The van der Waals surface area contributed by atoms with E-state index in [0.717, 1.165) is 23.0 Å². The van der Waals surface area contributed by atoms with Crippen LogP contribution in [0, 0.1) is 0 Å². The monoisotopic (exact) mass is 344 g/mol. The van der Waals surface area contributed by atoms with Crippen LogP contribution >= 0.6 is 0 Å². The molecule has 0 unspecified atom stereocenters. The maximum Gasteiger partial charge on any atom is 0.321 e. The molecule has 0 saturated carbocycles. The second kappa shape index (κ2) is 8.26. The van der Waals surface area contributed by atoms with Crippen molar-refractivity contribution in [1.29, 1.82) is 0 Å². The first kappa shape index (κ1) is 17.6. The minimum absolute atomic E-state index is 0.0225. The van der Waals surface area contributed by atoms with E-state index in [0.29, 0.717) is 0 Å². The minimum atomic E-state index is -1.15. The molecule has 3 aromatic rings. The van der Waals surface area contributed by atoms with E-state index in [9.17, 15) is 9.59 Å². The molecule has 3 nitrogen and oxygen atoms in total. The first-order valence-corrected chi connectivity index (χ1v) is 8.53. The molecule has 0 aliphatic rings. The molecule has 0 aliphatic heterocycles. The molecule has 0 fully saturated rings. The summed E-state index contributed by atoms with van der Waals surface area (Å²) in [5.74, 6) is -0.425. The molecule has 0 radical (unpaired) electrons. The zero-order valence-corrected chi connectivity index (χ0v) is 14.4. The van der Waals surface area contributed by atoms with Gasteiger partial charge in [-0.3, -0.25) is 4.79 Å². The van der Waals surface area contributed by atoms with E-state index in [1.165, 1.54) is 0 Å². The Hall–Kier alpha value is -3.20. The Morgan fingerprint density at radius 3 is 1.69 bits per heavy atom. The van der Waals surface area contributed by atoms with Crippen LogP contribution in [-0.4, -0.2) is 12.3 Å². The average Bonchev–Trinajstić information content (AvgIpc) is 2.72. The van der Waals surface area contributed by atoms with Gasteiger partial charge in [0.1, 0.15) is 18.3 Å². The largest absolute Gasteiger partial charge is 0.460 e. The van der Waals surface area contributed by atoms with E-state index in [1.54, 1.807) is 0 Å². The fraction of sp³-hybridized carbons (Fsp3) is 0.130. The summed E-state index contributed by atoms with van der Waals surface area (Å²) in [5.41, 5.74) is 1.24. The van der Waals surface area contributed by atoms with Crippen molar-refractivity contribution in [2.75, 3.05) is 0 Å². The number of hydrogen-bond donors (Lipinski definition) is 0. The molecule has 3 aromatic carbocycles. The third-order valence-corrected chi connectivity index (χ3v) is 4.48. The number of carbonyl (C=O) groups excluding carboxylic acids is 2. The van der Waals surface area contributed by atoms with Crippen LogP contribution in [0.1, 0.15) is 23.1 Å². The number of carbonyl (C=O) groups is 2. The summed E-state index contributed by atoms with van der Waals surface area (Å²) in [4.78, 5) is 24.8. The standard InChI is InChI=1S/C23H20O3/c24-17-16-23(20-12-6-2-7-13-20,21-14-8-3-9-15-21)22(25)26-18-19-10-4-1-5-11-19/h1-15,17H,16,18H2. The Morgan fingerprint density at radius 2 is 1.23 bits per heavy atom. The summed E-state index contributed by atoms with van der Waals surface area (Å²) in [6.45, 7) is 0.167. The van der Waals surface area contributed by atoms with Crippen LogP contribution in [0.2, 0.25) is 0 Å². The van der Waals surface area contributed by atoms with Crippen LogP contribution in [0.5, 0.6) is 0 Å². The van der Waals surface area contributed by atoms with Crippen LogP contribution in [0.15, 0.2) is 91.0 Å². The van der Waals surface area contributed by atoms with E-state index >= 15 is 0 Å². The van der Waals surface area contributed by atoms with Crippen LogP contribution in [0.4, 0.5) is 0 Å². The highest BCUT2D eigenvalue weighted by atomic mass is 16.5. The normalized spacial score (nSPS) is 10.9. The van der Waals surface area contributed by atoms with Crippen LogP contribution in [-0.2, 0) is 26.3 Å². The van der Waals surface area contributed by atoms with Crippen molar-refractivity contribution in [3.8, 4) is 0 Å². The lowest BCUT2D eigenvalue weighted by Crippen LogP contribution is -2.39. The van der Waals surface area contributed by atoms with Gasteiger partial charge in [0.05, 0.1) is 0 Å². The number of hydrogen-bond acceptors (Lipinski definition) is 3. The Bertz CT molecular complexity index is 803. The van der Waals surface area contributed by atoms with E-state index in [-0.39, 0.29) is 13.0 Å². The molecule has 0 bridgehead atoms. The maximum atomic E-state index is 13.2. The molecule has 0 N–H and O–H groups in total. The number of benzene rings is 3. The predicted octanol–water partition coefficient (Wildman–Crippen LogP) is 4.31. The summed E-state index contributed by atoms with van der Waals surface area (Å²) in [7, 11) is 0. The van der Waals surface area contributed by atoms with E-state index < -0.39 is 11.4 Å². The number of esters is 1. The zero-order chi connectivity index (χ0) is 18.2. The van der Waals surface area contributed by atoms with E-state index in [2.05, 4.69) is 0 Å². The van der Waals surface area contributed by atoms with Crippen molar-refractivity contribution in [3.05, 3.63) is 108 Å². The topological polar surface area (TPSA) is 43.4 Å². The molecule has 0 saturated heterocycles. The van der Waals surface area contributed by atoms with Gasteiger partial charge in [-0.2, -0.15) is 0 Å². The van der Waals surface area contributed by atoms with Gasteiger partial charge in [0.15, 0.2) is 0 Å². The van der Waals surface area contributed by atoms with Crippen molar-refractivity contribution in [2.24, 2.45) is 0 Å². The average molecular weight is 344 g/mol. The van der Waals surface area contributed by atoms with Crippen LogP contribution in [0.3, 0.4) is 0 Å². The van der Waals surface area contributed by atoms with Gasteiger partial charge in [0, 0.05) is 6.42 Å². The van der Waals surface area contributed by atoms with E-state index in [4.69, 9.17) is 4.74 Å². The molecule has 3 heteroatoms. The van der Waals surface area contributed by atoms with Gasteiger partial charge >= 0.3 is 5.97 Å². The SMILES string of the molecule is O=CCC(C(=O)OCc1ccccc1)(c1ccccc1)c1ccccc1. The molecule has 130 valence electrons. The summed E-state index contributed by atoms with van der Waals surface area (Å²) < 4.78 is 5.66. The number of rotatable bonds is 7. The lowest BCUT2D eigenvalue weighted by Gasteiger charge is -2.31. The highest BCUT2D eigenvalue weighted by Crippen LogP contribution is 2.36. The molecule has 3 rings (SSSR count). The lowest BCUT2D eigenvalue weighted by molar-refractivity contribution is -0.151. The molecule has 0 atom stereocenters. The highest BCUT2D eigenvalue weighted by Gasteiger charge is 2.43. The Labute approximate surface area is 153 Å². The van der Waals surface area contributed by atoms with Crippen LogP contribution in [0.25, 0.3) is 0 Å². The van der Waals surface area contributed by atoms with Crippen molar-refractivity contribution in [2.45, 2.75) is 18.4 Å². The van der Waals surface area contributed by atoms with E-state index in [1.807, 2.05) is 91.0 Å². The number of aldehydes is 1. The fourth-order valence-electron chi connectivity index (χ4n) is 3.14. The van der Waals surface area contributed by atoms with Gasteiger partial charge in [-0.25, -0.2) is 0 Å². The fourth-order valence-corrected chi connectivity index (χ4v) is 3.14. The molecule has 0 amide bonds. The van der Waals surface area contributed by atoms with Gasteiger partial charge < -0.3 is 9.53 Å². The summed E-state index contributed by atoms with van der Waals surface area (Å²) in [5, 5.41) is 0. The van der Waals surface area contributed by atoms with Crippen molar-refractivity contribution >= 4 is 12.3 Å². The minimum Gasteiger partial charge on any atom is -0.460 e. The second-order valence-corrected chi connectivity index (χ2v) is 6.07. The van der Waals surface area contributed by atoms with Gasteiger partial charge in [0.25, 0.3) is 0 Å². The van der Waals surface area contributed by atoms with Gasteiger partial charge in [-0.05, 0) is 16.7 Å². The van der Waals surface area contributed by atoms with Crippen molar-refractivity contribution in [3.63, 3.8) is 0 Å². The molecule has 0 aliphatic carbocycles. The Kier molecular flexibility index (Phi) is 5.59. The highest BCUT2D eigenvalue weighted by molar-refractivity contribution is 5.90. The number of ether oxygens (including phenoxy) is 1. The molecule has 0 aromatic heterocycles. The predicted molar refractivity (Wildman–Crippen MR) is 101 cm³/mol. The quantitative estimate of drug-likeness (QED) is 0.474. The molecule has 26 heavy (non-hydrogen) atoms. The summed E-state index contributed by atoms with van der Waals surface area (Å²) in [6, 6.07) is 28.2. The third-order valence-electron chi connectivity index (χ3n) is 4.48. The first-order valence-electron chi connectivity index (χ1n) is 8.53. The zero-order valence-electron chi connectivity index (χ0n) is 14.4. The Morgan fingerprint density at radius 1 is 0.769 bits per heavy atom. The van der Waals surface area contributed by atoms with Gasteiger partial charge in [-0.15, -0.1) is 0 Å². The molecule has 0 heterocycles. The smallest absolute Gasteiger partial charge is 0.321 e. The van der Waals surface area contributed by atoms with Gasteiger partial charge in [-0.1, -0.05) is 91.0 Å². The molecular weight excluding hydrogens is 324 g/mol. The van der Waals surface area contributed by atoms with Crippen molar-refractivity contribution in [1.82, 2.24) is 0 Å². The second-order valence-electron chi connectivity index (χ2n) is 6.07. The molecular formula is C23H20O3. The Balaban J connectivity index is 2.01. The third kappa shape index (κ3) is 3.57. The van der Waals surface area contributed by atoms with Crippen molar-refractivity contribution < 1.29 is 14.3 Å². The lowest BCUT2D eigenvalue weighted by atomic mass is 9.72. The van der Waals surface area contributed by atoms with Crippen LogP contribution < -0.4 is 0 Å². The maximum absolute atomic E-state index is 13.2. The summed E-state index contributed by atoms with van der Waals surface area (Å²) in [6.07, 6.45) is 0.804. The summed E-state index contributed by atoms with van der Waals surface area (Å²) >= 11 is 0. The first-order chi connectivity index (χ1) is 12.8. The van der Waals surface area contributed by atoms with Gasteiger partial charge in [0.2, 0.25) is 0 Å². The molecule has 0 spiro atoms.